The lowest BCUT2D eigenvalue weighted by Gasteiger charge is -2.27. The molecule has 164 valence electrons. The molecule has 0 bridgehead atoms. The second kappa shape index (κ2) is 10.4. The fourth-order valence-electron chi connectivity index (χ4n) is 3.51. The highest BCUT2D eigenvalue weighted by Gasteiger charge is 2.25. The van der Waals surface area contributed by atoms with E-state index >= 15 is 0 Å². The first kappa shape index (κ1) is 22.0. The fraction of sp³-hybridized carbons (Fsp3) is 0.381. The van der Waals surface area contributed by atoms with Gasteiger partial charge in [0.25, 0.3) is 16.9 Å². The molecule has 31 heavy (non-hydrogen) atoms. The van der Waals surface area contributed by atoms with Gasteiger partial charge in [-0.05, 0) is 55.5 Å². The van der Waals surface area contributed by atoms with Crippen LogP contribution in [0.5, 0.6) is 5.75 Å². The van der Waals surface area contributed by atoms with Crippen LogP contribution in [0.25, 0.3) is 0 Å². The van der Waals surface area contributed by atoms with E-state index in [0.717, 1.165) is 5.56 Å². The van der Waals surface area contributed by atoms with E-state index in [2.05, 4.69) is 20.5 Å². The van der Waals surface area contributed by atoms with E-state index in [1.54, 1.807) is 30.6 Å². The highest BCUT2D eigenvalue weighted by molar-refractivity contribution is 6.01. The molecule has 0 radical (unpaired) electrons. The molecule has 1 aliphatic rings. The van der Waals surface area contributed by atoms with Crippen LogP contribution in [0.3, 0.4) is 0 Å². The van der Waals surface area contributed by atoms with Gasteiger partial charge in [0, 0.05) is 30.5 Å². The number of nitrogens with zero attached hydrogens (tertiary/aromatic N) is 2. The molecule has 3 rings (SSSR count). The van der Waals surface area contributed by atoms with Gasteiger partial charge < -0.3 is 20.2 Å². The van der Waals surface area contributed by atoms with E-state index in [4.69, 9.17) is 4.74 Å². The van der Waals surface area contributed by atoms with Gasteiger partial charge in [-0.15, -0.1) is 10.1 Å². The number of pyridine rings is 1. The van der Waals surface area contributed by atoms with Crippen molar-refractivity contribution in [2.75, 3.05) is 7.11 Å². The van der Waals surface area contributed by atoms with Crippen molar-refractivity contribution < 1.29 is 24.3 Å². The van der Waals surface area contributed by atoms with E-state index in [1.807, 2.05) is 6.07 Å². The summed E-state index contributed by atoms with van der Waals surface area (Å²) in [5, 5.41) is 15.4. The molecule has 1 heterocycles. The third-order valence-electron chi connectivity index (χ3n) is 5.13. The van der Waals surface area contributed by atoms with Crippen LogP contribution in [0, 0.1) is 10.1 Å². The van der Waals surface area contributed by atoms with Crippen LogP contribution in [-0.4, -0.2) is 41.1 Å². The standard InChI is InChI=1S/C21H24N4O6/c1-30-19-9-4-15(11-18(19)21(27)23-13-14-3-2-10-22-12-14)20(26)24-16-5-7-17(8-6-16)31-25(28)29/h2-4,9-12,16-17H,5-8,13H2,1H3,(H,23,27)(H,24,26). The zero-order valence-electron chi connectivity index (χ0n) is 17.1. The average molecular weight is 428 g/mol. The summed E-state index contributed by atoms with van der Waals surface area (Å²) in [5.41, 5.74) is 1.43. The minimum atomic E-state index is -0.776. The lowest BCUT2D eigenvalue weighted by Crippen LogP contribution is -2.39. The Kier molecular flexibility index (Phi) is 7.36. The molecule has 0 unspecified atom stereocenters. The summed E-state index contributed by atoms with van der Waals surface area (Å²) in [5.74, 6) is -0.326. The minimum Gasteiger partial charge on any atom is -0.496 e. The maximum Gasteiger partial charge on any atom is 0.294 e. The molecule has 1 fully saturated rings. The van der Waals surface area contributed by atoms with Gasteiger partial charge in [0.05, 0.1) is 12.7 Å². The molecule has 1 saturated carbocycles. The zero-order chi connectivity index (χ0) is 22.2. The van der Waals surface area contributed by atoms with Crippen LogP contribution < -0.4 is 15.4 Å². The van der Waals surface area contributed by atoms with Gasteiger partial charge in [0.2, 0.25) is 0 Å². The van der Waals surface area contributed by atoms with E-state index in [9.17, 15) is 19.7 Å². The Hall–Kier alpha value is -3.69. The van der Waals surface area contributed by atoms with Crippen molar-refractivity contribution >= 4 is 11.8 Å². The Bertz CT molecular complexity index is 929. The van der Waals surface area contributed by atoms with Gasteiger partial charge in [0.1, 0.15) is 11.9 Å². The highest BCUT2D eigenvalue weighted by Crippen LogP contribution is 2.23. The average Bonchev–Trinajstić information content (AvgIpc) is 2.78. The van der Waals surface area contributed by atoms with Crippen molar-refractivity contribution in [2.24, 2.45) is 0 Å². The van der Waals surface area contributed by atoms with Crippen LogP contribution in [0.1, 0.15) is 52.0 Å². The predicted octanol–water partition coefficient (Wildman–Crippen LogP) is 2.27. The lowest BCUT2D eigenvalue weighted by molar-refractivity contribution is -0.769. The van der Waals surface area contributed by atoms with Gasteiger partial charge in [-0.3, -0.25) is 14.6 Å². The first-order valence-electron chi connectivity index (χ1n) is 9.93. The van der Waals surface area contributed by atoms with E-state index in [-0.39, 0.29) is 23.4 Å². The smallest absolute Gasteiger partial charge is 0.294 e. The Morgan fingerprint density at radius 1 is 1.19 bits per heavy atom. The summed E-state index contributed by atoms with van der Waals surface area (Å²) >= 11 is 0. The van der Waals surface area contributed by atoms with E-state index in [1.165, 1.54) is 13.2 Å². The lowest BCUT2D eigenvalue weighted by atomic mass is 9.93. The van der Waals surface area contributed by atoms with Crippen molar-refractivity contribution in [1.29, 1.82) is 0 Å². The van der Waals surface area contributed by atoms with E-state index < -0.39 is 11.2 Å². The largest absolute Gasteiger partial charge is 0.496 e. The summed E-state index contributed by atoms with van der Waals surface area (Å²) < 4.78 is 5.27. The number of benzene rings is 1. The molecule has 1 aromatic heterocycles. The van der Waals surface area contributed by atoms with Crippen molar-refractivity contribution in [3.63, 3.8) is 0 Å². The summed E-state index contributed by atoms with van der Waals surface area (Å²) in [6.07, 6.45) is 5.04. The Balaban J connectivity index is 1.62. The Morgan fingerprint density at radius 2 is 1.97 bits per heavy atom. The molecular weight excluding hydrogens is 404 g/mol. The maximum absolute atomic E-state index is 12.7. The molecule has 0 aliphatic heterocycles. The molecule has 2 N–H and O–H groups in total. The van der Waals surface area contributed by atoms with Crippen molar-refractivity contribution in [2.45, 2.75) is 44.4 Å². The zero-order valence-corrected chi connectivity index (χ0v) is 17.1. The number of rotatable bonds is 8. The molecule has 2 amide bonds. The van der Waals surface area contributed by atoms with Gasteiger partial charge in [-0.1, -0.05) is 6.07 Å². The number of amides is 2. The first-order valence-corrected chi connectivity index (χ1v) is 9.93. The molecule has 0 spiro atoms. The molecule has 0 saturated heterocycles. The second-order valence-corrected chi connectivity index (χ2v) is 7.24. The number of hydrogen-bond acceptors (Lipinski definition) is 7. The van der Waals surface area contributed by atoms with Crippen molar-refractivity contribution in [3.8, 4) is 5.75 Å². The van der Waals surface area contributed by atoms with Crippen molar-refractivity contribution in [3.05, 3.63) is 69.5 Å². The maximum atomic E-state index is 12.7. The quantitative estimate of drug-likeness (QED) is 0.487. The van der Waals surface area contributed by atoms with Crippen LogP contribution in [0.2, 0.25) is 0 Å². The number of methoxy groups -OCH3 is 1. The monoisotopic (exact) mass is 428 g/mol. The number of hydrogen-bond donors (Lipinski definition) is 2. The predicted molar refractivity (Wildman–Crippen MR) is 110 cm³/mol. The highest BCUT2D eigenvalue weighted by atomic mass is 17.0. The summed E-state index contributed by atoms with van der Waals surface area (Å²) in [7, 11) is 1.46. The number of ether oxygens (including phenoxy) is 1. The second-order valence-electron chi connectivity index (χ2n) is 7.24. The van der Waals surface area contributed by atoms with Gasteiger partial charge in [-0.25, -0.2) is 0 Å². The molecule has 1 aromatic carbocycles. The Morgan fingerprint density at radius 3 is 2.61 bits per heavy atom. The summed E-state index contributed by atoms with van der Waals surface area (Å²) in [6.45, 7) is 0.293. The summed E-state index contributed by atoms with van der Waals surface area (Å²) in [4.78, 5) is 44.4. The molecule has 2 aromatic rings. The number of carbonyl (C=O) groups excluding carboxylic acids is 2. The van der Waals surface area contributed by atoms with Crippen LogP contribution in [0.4, 0.5) is 0 Å². The van der Waals surface area contributed by atoms with E-state index in [0.29, 0.717) is 43.5 Å². The Labute approximate surface area is 179 Å². The SMILES string of the molecule is COc1ccc(C(=O)NC2CCC(O[N+](=O)[O-])CC2)cc1C(=O)NCc1cccnc1. The third-order valence-corrected chi connectivity index (χ3v) is 5.13. The molecule has 10 nitrogen and oxygen atoms in total. The normalized spacial score (nSPS) is 18.0. The van der Waals surface area contributed by atoms with Gasteiger partial charge in [-0.2, -0.15) is 0 Å². The number of carbonyl (C=O) groups is 2. The molecule has 0 atom stereocenters. The van der Waals surface area contributed by atoms with Gasteiger partial charge in [0.15, 0.2) is 0 Å². The number of nitrogens with one attached hydrogen (secondary N) is 2. The molecular formula is C21H24N4O6. The topological polar surface area (TPSA) is 133 Å². The third kappa shape index (κ3) is 6.14. The van der Waals surface area contributed by atoms with Crippen LogP contribution in [0.15, 0.2) is 42.7 Å². The molecule has 10 heteroatoms. The molecule has 1 aliphatic carbocycles. The van der Waals surface area contributed by atoms with Crippen LogP contribution >= 0.6 is 0 Å². The number of aromatic nitrogens is 1. The minimum absolute atomic E-state index is 0.107. The van der Waals surface area contributed by atoms with Crippen LogP contribution in [-0.2, 0) is 11.4 Å². The first-order chi connectivity index (χ1) is 15.0. The van der Waals surface area contributed by atoms with Gasteiger partial charge >= 0.3 is 0 Å². The fourth-order valence-corrected chi connectivity index (χ4v) is 3.51. The summed E-state index contributed by atoms with van der Waals surface area (Å²) in [6, 6.07) is 8.19. The van der Waals surface area contributed by atoms with Crippen molar-refractivity contribution in [1.82, 2.24) is 15.6 Å².